The lowest BCUT2D eigenvalue weighted by Gasteiger charge is -2.30. The predicted octanol–water partition coefficient (Wildman–Crippen LogP) is 4.81. The molecule has 1 aromatic rings. The normalized spacial score (nSPS) is 13.0. The molecule has 0 aromatic heterocycles. The van der Waals surface area contributed by atoms with Gasteiger partial charge in [0.25, 0.3) is 0 Å². The van der Waals surface area contributed by atoms with Crippen LogP contribution in [0.1, 0.15) is 65.9 Å². The van der Waals surface area contributed by atoms with E-state index in [0.717, 1.165) is 18.4 Å². The van der Waals surface area contributed by atoms with Gasteiger partial charge in [-0.1, -0.05) is 47.0 Å². The number of phenolic OH excluding ortho intramolecular Hbond substituents is 1. The monoisotopic (exact) mass is 292 g/mol. The van der Waals surface area contributed by atoms with E-state index in [-0.39, 0.29) is 17.1 Å². The third-order valence-electron chi connectivity index (χ3n) is 4.03. The summed E-state index contributed by atoms with van der Waals surface area (Å²) in [5.74, 6) is 1.05. The quantitative estimate of drug-likeness (QED) is 0.579. The number of benzene rings is 1. The van der Waals surface area contributed by atoms with Crippen LogP contribution in [-0.2, 0) is 10.2 Å². The summed E-state index contributed by atoms with van der Waals surface area (Å²) in [4.78, 5) is 11.1. The summed E-state index contributed by atoms with van der Waals surface area (Å²) in [5.41, 5.74) is 0.687. The Morgan fingerprint density at radius 1 is 1.33 bits per heavy atom. The highest BCUT2D eigenvalue weighted by Gasteiger charge is 2.27. The number of ether oxygens (including phenoxy) is 1. The second-order valence-electron chi connectivity index (χ2n) is 6.42. The van der Waals surface area contributed by atoms with E-state index in [9.17, 15) is 9.90 Å². The number of carbonyl (C=O) groups is 1. The zero-order chi connectivity index (χ0) is 16.0. The van der Waals surface area contributed by atoms with E-state index in [1.54, 1.807) is 18.2 Å². The van der Waals surface area contributed by atoms with Gasteiger partial charge in [0, 0.05) is 12.5 Å². The minimum absolute atomic E-state index is 0.157. The lowest BCUT2D eigenvalue weighted by Crippen LogP contribution is -2.22. The number of hydrogen-bond acceptors (Lipinski definition) is 3. The Kier molecular flexibility index (Phi) is 6.25. The van der Waals surface area contributed by atoms with Crippen molar-refractivity contribution in [2.45, 2.75) is 65.7 Å². The van der Waals surface area contributed by atoms with Crippen molar-refractivity contribution >= 4 is 5.97 Å². The van der Waals surface area contributed by atoms with Gasteiger partial charge in [-0.15, -0.1) is 0 Å². The zero-order valence-corrected chi connectivity index (χ0v) is 13.9. The Balaban J connectivity index is 3.02. The van der Waals surface area contributed by atoms with Crippen molar-refractivity contribution in [1.82, 2.24) is 0 Å². The van der Waals surface area contributed by atoms with E-state index in [2.05, 4.69) is 27.7 Å². The van der Waals surface area contributed by atoms with E-state index < -0.39 is 0 Å². The van der Waals surface area contributed by atoms with Gasteiger partial charge in [0.15, 0.2) is 0 Å². The first kappa shape index (κ1) is 17.5. The standard InChI is InChI=1S/C18H28O3/c1-6-8-14(7-2)12-18(4,5)16-11-15(21-13(3)19)9-10-17(16)20/h9-11,14,20H,6-8,12H2,1-5H3. The van der Waals surface area contributed by atoms with Crippen LogP contribution in [0.2, 0.25) is 0 Å². The average Bonchev–Trinajstić information content (AvgIpc) is 2.39. The van der Waals surface area contributed by atoms with Crippen LogP contribution in [0, 0.1) is 5.92 Å². The molecule has 1 aromatic carbocycles. The summed E-state index contributed by atoms with van der Waals surface area (Å²) < 4.78 is 5.13. The van der Waals surface area contributed by atoms with Gasteiger partial charge >= 0.3 is 5.97 Å². The zero-order valence-electron chi connectivity index (χ0n) is 13.9. The van der Waals surface area contributed by atoms with Crippen molar-refractivity contribution in [2.24, 2.45) is 5.92 Å². The average molecular weight is 292 g/mol. The summed E-state index contributed by atoms with van der Waals surface area (Å²) in [6.07, 6.45) is 4.52. The fourth-order valence-corrected chi connectivity index (χ4v) is 2.98. The second kappa shape index (κ2) is 7.48. The Labute approximate surface area is 128 Å². The minimum Gasteiger partial charge on any atom is -0.508 e. The molecule has 21 heavy (non-hydrogen) atoms. The number of carbonyl (C=O) groups excluding carboxylic acids is 1. The van der Waals surface area contributed by atoms with Crippen LogP contribution < -0.4 is 4.74 Å². The number of esters is 1. The number of phenols is 1. The third kappa shape index (κ3) is 5.07. The van der Waals surface area contributed by atoms with Gasteiger partial charge in [0.2, 0.25) is 0 Å². The molecule has 1 atom stereocenters. The molecule has 0 amide bonds. The van der Waals surface area contributed by atoms with Crippen LogP contribution in [0.4, 0.5) is 0 Å². The lowest BCUT2D eigenvalue weighted by atomic mass is 9.75. The lowest BCUT2D eigenvalue weighted by molar-refractivity contribution is -0.131. The minimum atomic E-state index is -0.345. The Bertz CT molecular complexity index is 477. The number of aromatic hydroxyl groups is 1. The van der Waals surface area contributed by atoms with E-state index in [0.29, 0.717) is 11.7 Å². The first-order chi connectivity index (χ1) is 9.80. The van der Waals surface area contributed by atoms with Gasteiger partial charge in [0.05, 0.1) is 0 Å². The van der Waals surface area contributed by atoms with Crippen LogP contribution in [0.15, 0.2) is 18.2 Å². The molecule has 0 spiro atoms. The first-order valence-electron chi connectivity index (χ1n) is 7.82. The first-order valence-corrected chi connectivity index (χ1v) is 7.82. The molecule has 0 aliphatic carbocycles. The maximum atomic E-state index is 11.1. The molecule has 0 saturated heterocycles. The molecule has 0 aliphatic heterocycles. The third-order valence-corrected chi connectivity index (χ3v) is 4.03. The summed E-state index contributed by atoms with van der Waals surface area (Å²) >= 11 is 0. The van der Waals surface area contributed by atoms with Crippen molar-refractivity contribution in [2.75, 3.05) is 0 Å². The van der Waals surface area contributed by atoms with Crippen molar-refractivity contribution in [1.29, 1.82) is 0 Å². The SMILES string of the molecule is CCCC(CC)CC(C)(C)c1cc(OC(C)=O)ccc1O. The van der Waals surface area contributed by atoms with E-state index in [4.69, 9.17) is 4.74 Å². The molecule has 0 aliphatic rings. The summed E-state index contributed by atoms with van der Waals surface area (Å²) in [5, 5.41) is 10.2. The number of rotatable bonds is 7. The van der Waals surface area contributed by atoms with Gasteiger partial charge in [-0.2, -0.15) is 0 Å². The van der Waals surface area contributed by atoms with Crippen LogP contribution in [0.3, 0.4) is 0 Å². The van der Waals surface area contributed by atoms with Crippen molar-refractivity contribution in [3.05, 3.63) is 23.8 Å². The Morgan fingerprint density at radius 3 is 2.52 bits per heavy atom. The van der Waals surface area contributed by atoms with Crippen LogP contribution in [0.5, 0.6) is 11.5 Å². The molecule has 0 bridgehead atoms. The maximum Gasteiger partial charge on any atom is 0.308 e. The fraction of sp³-hybridized carbons (Fsp3) is 0.611. The highest BCUT2D eigenvalue weighted by Crippen LogP contribution is 2.39. The van der Waals surface area contributed by atoms with Crippen LogP contribution in [0.25, 0.3) is 0 Å². The van der Waals surface area contributed by atoms with Gasteiger partial charge in [0.1, 0.15) is 11.5 Å². The number of hydrogen-bond donors (Lipinski definition) is 1. The van der Waals surface area contributed by atoms with Gasteiger partial charge in [-0.3, -0.25) is 4.79 Å². The van der Waals surface area contributed by atoms with Gasteiger partial charge < -0.3 is 9.84 Å². The smallest absolute Gasteiger partial charge is 0.308 e. The summed E-state index contributed by atoms with van der Waals surface area (Å²) in [7, 11) is 0. The molecule has 0 heterocycles. The molecule has 1 rings (SSSR count). The molecule has 1 N–H and O–H groups in total. The van der Waals surface area contributed by atoms with E-state index in [1.807, 2.05) is 0 Å². The largest absolute Gasteiger partial charge is 0.508 e. The van der Waals surface area contributed by atoms with E-state index >= 15 is 0 Å². The molecule has 118 valence electrons. The van der Waals surface area contributed by atoms with Gasteiger partial charge in [-0.25, -0.2) is 0 Å². The highest BCUT2D eigenvalue weighted by atomic mass is 16.5. The fourth-order valence-electron chi connectivity index (χ4n) is 2.98. The predicted molar refractivity (Wildman–Crippen MR) is 85.7 cm³/mol. The molecule has 0 fully saturated rings. The molecule has 0 saturated carbocycles. The van der Waals surface area contributed by atoms with Crippen molar-refractivity contribution in [3.8, 4) is 11.5 Å². The van der Waals surface area contributed by atoms with Crippen LogP contribution >= 0.6 is 0 Å². The highest BCUT2D eigenvalue weighted by molar-refractivity contribution is 5.69. The molecule has 3 heteroatoms. The molecular weight excluding hydrogens is 264 g/mol. The topological polar surface area (TPSA) is 46.5 Å². The summed E-state index contributed by atoms with van der Waals surface area (Å²) in [6.45, 7) is 10.1. The Morgan fingerprint density at radius 2 is 2.00 bits per heavy atom. The second-order valence-corrected chi connectivity index (χ2v) is 6.42. The van der Waals surface area contributed by atoms with Crippen molar-refractivity contribution in [3.63, 3.8) is 0 Å². The van der Waals surface area contributed by atoms with E-state index in [1.165, 1.54) is 19.8 Å². The molecule has 1 unspecified atom stereocenters. The molecular formula is C18H28O3. The van der Waals surface area contributed by atoms with Gasteiger partial charge in [-0.05, 0) is 36.0 Å². The Hall–Kier alpha value is -1.51. The van der Waals surface area contributed by atoms with Crippen LogP contribution in [-0.4, -0.2) is 11.1 Å². The summed E-state index contributed by atoms with van der Waals surface area (Å²) in [6, 6.07) is 5.02. The molecule has 0 radical (unpaired) electrons. The molecule has 3 nitrogen and oxygen atoms in total. The van der Waals surface area contributed by atoms with Crippen molar-refractivity contribution < 1.29 is 14.6 Å². The maximum absolute atomic E-state index is 11.1.